The van der Waals surface area contributed by atoms with Crippen LogP contribution < -0.4 is 0 Å². The molecule has 0 saturated heterocycles. The number of nitrogens with one attached hydrogen (secondary N) is 4. The highest BCUT2D eigenvalue weighted by Gasteiger charge is 2.31. The minimum Gasteiger partial charge on any atom is -0.477 e. The number of fused-ring (bicyclic) bond motifs is 2. The number of H-pyrrole nitrogens is 2. The molecule has 2 aromatic heterocycles. The summed E-state index contributed by atoms with van der Waals surface area (Å²) in [6.45, 7) is 0. The monoisotopic (exact) mass is 402 g/mol. The predicted molar refractivity (Wildman–Crippen MR) is 113 cm³/mol. The number of para-hydroxylation sites is 2. The van der Waals surface area contributed by atoms with E-state index in [-0.39, 0.29) is 6.42 Å². The molecule has 0 fully saturated rings. The summed E-state index contributed by atoms with van der Waals surface area (Å²) in [5, 5.41) is 36.5. The highest BCUT2D eigenvalue weighted by atomic mass is 16.4. The summed E-state index contributed by atoms with van der Waals surface area (Å²) < 4.78 is 0. The van der Waals surface area contributed by atoms with Crippen LogP contribution in [0.25, 0.3) is 21.8 Å². The first kappa shape index (κ1) is 19.1. The molecule has 1 atom stereocenters. The van der Waals surface area contributed by atoms with Gasteiger partial charge in [-0.1, -0.05) is 36.4 Å². The summed E-state index contributed by atoms with van der Waals surface area (Å²) in [5.41, 5.74) is 1.91. The van der Waals surface area contributed by atoms with Crippen molar-refractivity contribution in [1.29, 1.82) is 10.8 Å². The van der Waals surface area contributed by atoms with Crippen molar-refractivity contribution >= 4 is 45.2 Å². The third-order valence-electron chi connectivity index (χ3n) is 5.20. The van der Waals surface area contributed by atoms with Crippen molar-refractivity contribution in [3.8, 4) is 0 Å². The lowest BCUT2D eigenvalue weighted by atomic mass is 9.87. The van der Waals surface area contributed by atoms with Gasteiger partial charge in [-0.25, -0.2) is 9.59 Å². The number of carboxylic acid groups (broad SMARTS) is 2. The van der Waals surface area contributed by atoms with E-state index in [2.05, 4.69) is 9.97 Å². The number of rotatable bonds is 7. The number of benzene rings is 2. The third-order valence-corrected chi connectivity index (χ3v) is 5.20. The molecule has 0 radical (unpaired) electrons. The van der Waals surface area contributed by atoms with Gasteiger partial charge in [0.15, 0.2) is 0 Å². The van der Waals surface area contributed by atoms with Gasteiger partial charge < -0.3 is 20.2 Å². The maximum Gasteiger partial charge on any atom is 0.350 e. The first-order valence-corrected chi connectivity index (χ1v) is 9.16. The number of aromatic amines is 2. The Kier molecular flexibility index (Phi) is 4.67. The maximum absolute atomic E-state index is 11.8. The van der Waals surface area contributed by atoms with Crippen LogP contribution in [-0.2, 0) is 16.0 Å². The van der Waals surface area contributed by atoms with Gasteiger partial charge in [-0.2, -0.15) is 0 Å². The Bertz CT molecular complexity index is 1330. The van der Waals surface area contributed by atoms with Gasteiger partial charge in [0.25, 0.3) is 0 Å². The average molecular weight is 402 g/mol. The van der Waals surface area contributed by atoms with Crippen molar-refractivity contribution in [2.75, 3.05) is 0 Å². The molecule has 2 heterocycles. The summed E-state index contributed by atoms with van der Waals surface area (Å²) >= 11 is 0. The van der Waals surface area contributed by atoms with E-state index >= 15 is 0 Å². The van der Waals surface area contributed by atoms with E-state index in [1.807, 2.05) is 24.3 Å². The fraction of sp³-hybridized carbons (Fsp3) is 0.0909. The van der Waals surface area contributed by atoms with Crippen molar-refractivity contribution in [1.82, 2.24) is 9.97 Å². The fourth-order valence-electron chi connectivity index (χ4n) is 3.82. The molecule has 0 aliphatic carbocycles. The van der Waals surface area contributed by atoms with Gasteiger partial charge in [0, 0.05) is 40.1 Å². The van der Waals surface area contributed by atoms with Gasteiger partial charge in [0.1, 0.15) is 11.4 Å². The van der Waals surface area contributed by atoms with Crippen molar-refractivity contribution in [2.45, 2.75) is 12.3 Å². The molecule has 0 bridgehead atoms. The van der Waals surface area contributed by atoms with E-state index in [1.54, 1.807) is 30.5 Å². The molecule has 0 aliphatic heterocycles. The fourth-order valence-corrected chi connectivity index (χ4v) is 3.82. The van der Waals surface area contributed by atoms with Crippen LogP contribution in [0.2, 0.25) is 0 Å². The summed E-state index contributed by atoms with van der Waals surface area (Å²) in [7, 11) is 0. The lowest BCUT2D eigenvalue weighted by Crippen LogP contribution is -2.24. The molecule has 8 nitrogen and oxygen atoms in total. The standard InChI is InChI=1S/C22H18N4O4/c23-15(21(27)28)9-13-11-5-2-4-8-17(11)26-20(13)18(19(24)22(29)30)14-10-25-16-7-3-1-6-12(14)16/h1-8,10,18,23-26H,9H2,(H,27,28)(H,29,30). The van der Waals surface area contributed by atoms with Crippen LogP contribution in [-0.4, -0.2) is 43.5 Å². The molecule has 8 heteroatoms. The summed E-state index contributed by atoms with van der Waals surface area (Å²) in [4.78, 5) is 29.4. The van der Waals surface area contributed by atoms with Crippen molar-refractivity contribution in [2.24, 2.45) is 0 Å². The molecule has 30 heavy (non-hydrogen) atoms. The van der Waals surface area contributed by atoms with Crippen LogP contribution in [0.1, 0.15) is 22.7 Å². The molecule has 150 valence electrons. The van der Waals surface area contributed by atoms with Gasteiger partial charge in [-0.3, -0.25) is 10.8 Å². The third kappa shape index (κ3) is 3.14. The molecule has 4 rings (SSSR count). The number of aromatic nitrogens is 2. The van der Waals surface area contributed by atoms with Crippen LogP contribution in [0.4, 0.5) is 0 Å². The predicted octanol–water partition coefficient (Wildman–Crippen LogP) is 3.53. The lowest BCUT2D eigenvalue weighted by molar-refractivity contribution is -0.130. The minimum atomic E-state index is -1.37. The molecule has 0 saturated carbocycles. The number of hydrogen-bond acceptors (Lipinski definition) is 4. The Labute approximate surface area is 170 Å². The first-order valence-electron chi connectivity index (χ1n) is 9.16. The van der Waals surface area contributed by atoms with Crippen molar-refractivity contribution < 1.29 is 19.8 Å². The first-order chi connectivity index (χ1) is 14.4. The van der Waals surface area contributed by atoms with E-state index in [0.29, 0.717) is 27.7 Å². The van der Waals surface area contributed by atoms with Crippen molar-refractivity contribution in [3.05, 3.63) is 71.5 Å². The Morgan fingerprint density at radius 1 is 0.900 bits per heavy atom. The lowest BCUT2D eigenvalue weighted by Gasteiger charge is -2.17. The Morgan fingerprint density at radius 3 is 2.20 bits per heavy atom. The average Bonchev–Trinajstić information content (AvgIpc) is 3.31. The zero-order chi connectivity index (χ0) is 21.4. The second-order valence-corrected chi connectivity index (χ2v) is 6.96. The second-order valence-electron chi connectivity index (χ2n) is 6.96. The molecule has 6 N–H and O–H groups in total. The van der Waals surface area contributed by atoms with E-state index in [9.17, 15) is 19.8 Å². The van der Waals surface area contributed by atoms with Crippen LogP contribution in [0, 0.1) is 10.8 Å². The normalized spacial score (nSPS) is 12.1. The Hall–Kier alpha value is -4.20. The smallest absolute Gasteiger partial charge is 0.350 e. The quantitative estimate of drug-likeness (QED) is 0.262. The van der Waals surface area contributed by atoms with Crippen LogP contribution in [0.3, 0.4) is 0 Å². The van der Waals surface area contributed by atoms with Gasteiger partial charge in [-0.05, 0) is 23.3 Å². The Balaban J connectivity index is 1.99. The number of carboxylic acids is 2. The number of hydrogen-bond donors (Lipinski definition) is 6. The highest BCUT2D eigenvalue weighted by molar-refractivity contribution is 6.38. The molecular weight excluding hydrogens is 384 g/mol. The highest BCUT2D eigenvalue weighted by Crippen LogP contribution is 2.36. The van der Waals surface area contributed by atoms with E-state index in [0.717, 1.165) is 10.9 Å². The van der Waals surface area contributed by atoms with Gasteiger partial charge >= 0.3 is 11.9 Å². The van der Waals surface area contributed by atoms with Gasteiger partial charge in [0.05, 0.1) is 5.92 Å². The summed E-state index contributed by atoms with van der Waals surface area (Å²) in [5.74, 6) is -3.69. The number of carbonyl (C=O) groups is 2. The van der Waals surface area contributed by atoms with Gasteiger partial charge in [-0.15, -0.1) is 0 Å². The molecule has 0 spiro atoms. The summed E-state index contributed by atoms with van der Waals surface area (Å²) in [6, 6.07) is 14.5. The van der Waals surface area contributed by atoms with Gasteiger partial charge in [0.2, 0.25) is 0 Å². The second kappa shape index (κ2) is 7.32. The van der Waals surface area contributed by atoms with Crippen molar-refractivity contribution in [3.63, 3.8) is 0 Å². The Morgan fingerprint density at radius 2 is 1.53 bits per heavy atom. The van der Waals surface area contributed by atoms with Crippen LogP contribution in [0.15, 0.2) is 54.7 Å². The number of aliphatic carboxylic acids is 2. The van der Waals surface area contributed by atoms with E-state index < -0.39 is 29.3 Å². The molecule has 2 aromatic carbocycles. The molecule has 4 aromatic rings. The van der Waals surface area contributed by atoms with E-state index in [4.69, 9.17) is 10.8 Å². The topological polar surface area (TPSA) is 154 Å². The molecule has 0 amide bonds. The largest absolute Gasteiger partial charge is 0.477 e. The zero-order valence-corrected chi connectivity index (χ0v) is 15.7. The van der Waals surface area contributed by atoms with Crippen LogP contribution in [0.5, 0.6) is 0 Å². The molecule has 0 aliphatic rings. The molecule has 1 unspecified atom stereocenters. The molecular formula is C22H18N4O4. The van der Waals surface area contributed by atoms with E-state index in [1.165, 1.54) is 0 Å². The maximum atomic E-state index is 11.8. The minimum absolute atomic E-state index is 0.194. The summed E-state index contributed by atoms with van der Waals surface area (Å²) in [6.07, 6.45) is 1.48. The van der Waals surface area contributed by atoms with Crippen LogP contribution >= 0.6 is 0 Å². The SMILES string of the molecule is N=C(Cc1c(C(C(=N)C(=O)O)c2c[nH]c3ccccc23)[nH]c2ccccc12)C(=O)O. The zero-order valence-electron chi connectivity index (χ0n) is 15.7.